The minimum atomic E-state index is -0.817. The minimum absolute atomic E-state index is 0.0813. The molecule has 0 saturated heterocycles. The lowest BCUT2D eigenvalue weighted by Gasteiger charge is -2.08. The Kier molecular flexibility index (Phi) is 14.0. The highest BCUT2D eigenvalue weighted by molar-refractivity contribution is 5.66. The molecular weight excluding hydrogens is 264 g/mol. The van der Waals surface area contributed by atoms with Crippen LogP contribution >= 0.6 is 0 Å². The van der Waals surface area contributed by atoms with Crippen molar-refractivity contribution in [3.05, 3.63) is 0 Å². The predicted octanol–water partition coefficient (Wildman–Crippen LogP) is 5.16. The maximum Gasteiger partial charge on any atom is 0.303 e. The van der Waals surface area contributed by atoms with Gasteiger partial charge in [-0.15, -0.1) is 0 Å². The lowest BCUT2D eigenvalue weighted by atomic mass is 10.0. The van der Waals surface area contributed by atoms with Crippen LogP contribution in [-0.2, 0) is 4.79 Å². The number of hydrogen-bond donors (Lipinski definition) is 2. The summed E-state index contributed by atoms with van der Waals surface area (Å²) >= 11 is 0. The van der Waals surface area contributed by atoms with Crippen LogP contribution in [0.25, 0.3) is 0 Å². The fourth-order valence-electron chi connectivity index (χ4n) is 2.60. The molecule has 0 aliphatic carbocycles. The number of aliphatic hydroxyl groups excluding tert-OH is 1. The van der Waals surface area contributed by atoms with E-state index in [9.17, 15) is 9.90 Å². The summed E-state index contributed by atoms with van der Waals surface area (Å²) in [5, 5.41) is 18.1. The van der Waals surface area contributed by atoms with Gasteiger partial charge in [0.25, 0.3) is 0 Å². The molecule has 21 heavy (non-hydrogen) atoms. The zero-order chi connectivity index (χ0) is 15.9. The third-order valence-electron chi connectivity index (χ3n) is 4.01. The first-order chi connectivity index (χ1) is 10.0. The van der Waals surface area contributed by atoms with Gasteiger partial charge in [-0.05, 0) is 18.8 Å². The normalized spacial score (nSPS) is 12.8. The van der Waals surface area contributed by atoms with E-state index in [2.05, 4.69) is 13.8 Å². The fourth-order valence-corrected chi connectivity index (χ4v) is 2.60. The Morgan fingerprint density at radius 2 is 1.19 bits per heavy atom. The molecule has 0 amide bonds. The summed E-state index contributed by atoms with van der Waals surface area (Å²) in [6, 6.07) is 0. The molecule has 1 atom stereocenters. The van der Waals surface area contributed by atoms with Gasteiger partial charge < -0.3 is 10.2 Å². The quantitative estimate of drug-likeness (QED) is 0.411. The molecule has 0 rings (SSSR count). The highest BCUT2D eigenvalue weighted by atomic mass is 16.4. The number of carboxylic acid groups (broad SMARTS) is 1. The average molecular weight is 300 g/mol. The SMILES string of the molecule is CC(C)CCCCCCCCCCCC(O)CCC(=O)O. The molecule has 0 spiro atoms. The Balaban J connectivity index is 3.13. The molecule has 0 saturated carbocycles. The maximum atomic E-state index is 10.4. The molecule has 2 N–H and O–H groups in total. The minimum Gasteiger partial charge on any atom is -0.481 e. The predicted molar refractivity (Wildman–Crippen MR) is 88.5 cm³/mol. The Labute approximate surface area is 131 Å². The number of carbonyl (C=O) groups is 1. The molecule has 0 aliphatic rings. The number of unbranched alkanes of at least 4 members (excludes halogenated alkanes) is 8. The average Bonchev–Trinajstić information content (AvgIpc) is 2.42. The van der Waals surface area contributed by atoms with E-state index in [4.69, 9.17) is 5.11 Å². The standard InChI is InChI=1S/C18H36O3/c1-16(2)12-10-8-6-4-3-5-7-9-11-13-17(19)14-15-18(20)21/h16-17,19H,3-15H2,1-2H3,(H,20,21). The molecule has 0 radical (unpaired) electrons. The third-order valence-corrected chi connectivity index (χ3v) is 4.01. The van der Waals surface area contributed by atoms with E-state index < -0.39 is 12.1 Å². The number of hydrogen-bond acceptors (Lipinski definition) is 2. The highest BCUT2D eigenvalue weighted by Crippen LogP contribution is 2.14. The monoisotopic (exact) mass is 300 g/mol. The van der Waals surface area contributed by atoms with Crippen molar-refractivity contribution in [1.82, 2.24) is 0 Å². The third kappa shape index (κ3) is 17.4. The summed E-state index contributed by atoms with van der Waals surface area (Å²) in [5.41, 5.74) is 0. The van der Waals surface area contributed by atoms with Gasteiger partial charge in [-0.3, -0.25) is 4.79 Å². The van der Waals surface area contributed by atoms with Gasteiger partial charge >= 0.3 is 5.97 Å². The zero-order valence-corrected chi connectivity index (χ0v) is 14.1. The summed E-state index contributed by atoms with van der Waals surface area (Å²) in [5.74, 6) is 0.0262. The molecule has 0 aromatic heterocycles. The molecule has 0 bridgehead atoms. The number of carboxylic acids is 1. The van der Waals surface area contributed by atoms with Crippen LogP contribution in [0.1, 0.15) is 97.3 Å². The van der Waals surface area contributed by atoms with E-state index in [1.807, 2.05) is 0 Å². The summed E-state index contributed by atoms with van der Waals surface area (Å²) in [4.78, 5) is 10.4. The van der Waals surface area contributed by atoms with E-state index in [1.54, 1.807) is 0 Å². The van der Waals surface area contributed by atoms with Crippen LogP contribution in [0.15, 0.2) is 0 Å². The van der Waals surface area contributed by atoms with Gasteiger partial charge in [0, 0.05) is 6.42 Å². The number of aliphatic carboxylic acids is 1. The van der Waals surface area contributed by atoms with Crippen molar-refractivity contribution in [1.29, 1.82) is 0 Å². The second-order valence-electron chi connectivity index (χ2n) is 6.74. The van der Waals surface area contributed by atoms with Crippen molar-refractivity contribution in [3.8, 4) is 0 Å². The van der Waals surface area contributed by atoms with Crippen LogP contribution in [0, 0.1) is 5.92 Å². The van der Waals surface area contributed by atoms with Crippen molar-refractivity contribution in [2.24, 2.45) is 5.92 Å². The van der Waals surface area contributed by atoms with Crippen molar-refractivity contribution >= 4 is 5.97 Å². The fraction of sp³-hybridized carbons (Fsp3) is 0.944. The second kappa shape index (κ2) is 14.4. The van der Waals surface area contributed by atoms with Gasteiger partial charge in [0.05, 0.1) is 6.10 Å². The van der Waals surface area contributed by atoms with Crippen LogP contribution in [0.5, 0.6) is 0 Å². The van der Waals surface area contributed by atoms with E-state index in [0.717, 1.165) is 25.2 Å². The Morgan fingerprint density at radius 3 is 1.62 bits per heavy atom. The molecule has 1 unspecified atom stereocenters. The molecule has 0 aliphatic heterocycles. The number of rotatable bonds is 15. The smallest absolute Gasteiger partial charge is 0.303 e. The molecule has 0 fully saturated rings. The summed E-state index contributed by atoms with van der Waals surface area (Å²) in [6.45, 7) is 4.58. The van der Waals surface area contributed by atoms with Crippen LogP contribution < -0.4 is 0 Å². The van der Waals surface area contributed by atoms with Crippen LogP contribution in [0.3, 0.4) is 0 Å². The molecule has 3 nitrogen and oxygen atoms in total. The van der Waals surface area contributed by atoms with E-state index in [0.29, 0.717) is 6.42 Å². The summed E-state index contributed by atoms with van der Waals surface area (Å²) in [6.07, 6.45) is 13.7. The maximum absolute atomic E-state index is 10.4. The van der Waals surface area contributed by atoms with E-state index >= 15 is 0 Å². The summed E-state index contributed by atoms with van der Waals surface area (Å²) < 4.78 is 0. The largest absolute Gasteiger partial charge is 0.481 e. The first-order valence-electron chi connectivity index (χ1n) is 8.92. The van der Waals surface area contributed by atoms with Crippen LogP contribution in [0.2, 0.25) is 0 Å². The van der Waals surface area contributed by atoms with Crippen molar-refractivity contribution in [2.45, 2.75) is 103 Å². The van der Waals surface area contributed by atoms with Gasteiger partial charge in [0.15, 0.2) is 0 Å². The lowest BCUT2D eigenvalue weighted by molar-refractivity contribution is -0.137. The Bertz CT molecular complexity index is 239. The molecule has 0 aromatic carbocycles. The second-order valence-corrected chi connectivity index (χ2v) is 6.74. The van der Waals surface area contributed by atoms with E-state index in [1.165, 1.54) is 51.4 Å². The highest BCUT2D eigenvalue weighted by Gasteiger charge is 2.06. The van der Waals surface area contributed by atoms with Crippen molar-refractivity contribution in [2.75, 3.05) is 0 Å². The molecule has 0 heterocycles. The van der Waals surface area contributed by atoms with Crippen LogP contribution in [0.4, 0.5) is 0 Å². The van der Waals surface area contributed by atoms with Gasteiger partial charge in [0.2, 0.25) is 0 Å². The topological polar surface area (TPSA) is 57.5 Å². The van der Waals surface area contributed by atoms with Gasteiger partial charge in [-0.2, -0.15) is 0 Å². The molecule has 126 valence electrons. The van der Waals surface area contributed by atoms with Crippen LogP contribution in [-0.4, -0.2) is 22.3 Å². The first-order valence-corrected chi connectivity index (χ1v) is 8.92. The first kappa shape index (κ1) is 20.4. The zero-order valence-electron chi connectivity index (χ0n) is 14.1. The van der Waals surface area contributed by atoms with Gasteiger partial charge in [-0.1, -0.05) is 78.1 Å². The summed E-state index contributed by atoms with van der Waals surface area (Å²) in [7, 11) is 0. The van der Waals surface area contributed by atoms with Gasteiger partial charge in [-0.25, -0.2) is 0 Å². The number of aliphatic hydroxyl groups is 1. The lowest BCUT2D eigenvalue weighted by Crippen LogP contribution is -2.09. The molecular formula is C18H36O3. The molecule has 3 heteroatoms. The van der Waals surface area contributed by atoms with Crippen molar-refractivity contribution in [3.63, 3.8) is 0 Å². The molecule has 0 aromatic rings. The Morgan fingerprint density at radius 1 is 0.762 bits per heavy atom. The van der Waals surface area contributed by atoms with Gasteiger partial charge in [0.1, 0.15) is 0 Å². The Hall–Kier alpha value is -0.570. The van der Waals surface area contributed by atoms with Crippen molar-refractivity contribution < 1.29 is 15.0 Å². The van der Waals surface area contributed by atoms with E-state index in [-0.39, 0.29) is 6.42 Å².